The summed E-state index contributed by atoms with van der Waals surface area (Å²) < 4.78 is 0. The average molecular weight is 374 g/mol. The Morgan fingerprint density at radius 3 is 2.54 bits per heavy atom. The lowest BCUT2D eigenvalue weighted by molar-refractivity contribution is -0.114. The van der Waals surface area contributed by atoms with Crippen molar-refractivity contribution in [3.05, 3.63) is 90.0 Å². The molecule has 0 unspecified atom stereocenters. The molecule has 0 saturated heterocycles. The van der Waals surface area contributed by atoms with Crippen molar-refractivity contribution in [2.75, 3.05) is 5.32 Å². The van der Waals surface area contributed by atoms with Crippen molar-refractivity contribution in [3.8, 4) is 0 Å². The number of nitrogens with zero attached hydrogens (tertiary/aromatic N) is 3. The molecule has 1 aromatic heterocycles. The molecule has 0 bridgehead atoms. The zero-order chi connectivity index (χ0) is 19.9. The summed E-state index contributed by atoms with van der Waals surface area (Å²) in [6.45, 7) is 3.86. The minimum Gasteiger partial charge on any atom is -0.326 e. The molecule has 0 aliphatic carbocycles. The number of anilines is 1. The van der Waals surface area contributed by atoms with Crippen molar-refractivity contribution >= 4 is 17.5 Å². The van der Waals surface area contributed by atoms with Gasteiger partial charge in [-0.1, -0.05) is 42.5 Å². The highest BCUT2D eigenvalue weighted by Gasteiger charge is 2.24. The molecule has 28 heavy (non-hydrogen) atoms. The lowest BCUT2D eigenvalue weighted by Crippen LogP contribution is -2.33. The maximum atomic E-state index is 13.2. The zero-order valence-electron chi connectivity index (χ0n) is 15.9. The largest absolute Gasteiger partial charge is 0.326 e. The fraction of sp³-hybridized carbons (Fsp3) is 0.182. The van der Waals surface area contributed by atoms with E-state index in [0.29, 0.717) is 17.9 Å². The van der Waals surface area contributed by atoms with Gasteiger partial charge in [-0.25, -0.2) is 4.98 Å². The quantitative estimate of drug-likeness (QED) is 0.711. The standard InChI is InChI=1S/C22H22N4O2/c1-16(19-9-6-10-20(13-19)25-17(2)27)26(15-18-7-4-3-5-8-18)22(28)21-14-23-11-12-24-21/h3-14,16H,15H2,1-2H3,(H,25,27)/t16-/m0/s1. The average Bonchev–Trinajstić information content (AvgIpc) is 2.72. The molecule has 0 aliphatic heterocycles. The van der Waals surface area contributed by atoms with E-state index in [-0.39, 0.29) is 17.9 Å². The van der Waals surface area contributed by atoms with Crippen LogP contribution in [0, 0.1) is 0 Å². The Labute approximate surface area is 164 Å². The second-order valence-corrected chi connectivity index (χ2v) is 6.49. The molecule has 0 aliphatic rings. The Bertz CT molecular complexity index is 945. The summed E-state index contributed by atoms with van der Waals surface area (Å²) >= 11 is 0. The molecule has 2 aromatic carbocycles. The molecule has 6 heteroatoms. The van der Waals surface area contributed by atoms with Crippen molar-refractivity contribution in [3.63, 3.8) is 0 Å². The highest BCUT2D eigenvalue weighted by molar-refractivity contribution is 5.92. The molecule has 0 radical (unpaired) electrons. The maximum absolute atomic E-state index is 13.2. The Morgan fingerprint density at radius 2 is 1.86 bits per heavy atom. The predicted octanol–water partition coefficient (Wildman–Crippen LogP) is 3.84. The number of carbonyl (C=O) groups excluding carboxylic acids is 2. The van der Waals surface area contributed by atoms with Crippen molar-refractivity contribution in [2.45, 2.75) is 26.4 Å². The molecule has 0 spiro atoms. The predicted molar refractivity (Wildman–Crippen MR) is 108 cm³/mol. The summed E-state index contributed by atoms with van der Waals surface area (Å²) in [4.78, 5) is 34.5. The number of aromatic nitrogens is 2. The molecule has 1 N–H and O–H groups in total. The topological polar surface area (TPSA) is 75.2 Å². The van der Waals surface area contributed by atoms with Gasteiger partial charge in [-0.3, -0.25) is 14.6 Å². The second kappa shape index (κ2) is 8.90. The number of amides is 2. The first kappa shape index (κ1) is 19.2. The fourth-order valence-corrected chi connectivity index (χ4v) is 2.98. The normalized spacial score (nSPS) is 11.5. The number of hydrogen-bond acceptors (Lipinski definition) is 4. The van der Waals surface area contributed by atoms with Crippen LogP contribution in [0.3, 0.4) is 0 Å². The van der Waals surface area contributed by atoms with Gasteiger partial charge in [0.25, 0.3) is 5.91 Å². The van der Waals surface area contributed by atoms with Crippen LogP contribution in [0.1, 0.15) is 41.5 Å². The van der Waals surface area contributed by atoms with Gasteiger partial charge in [0, 0.05) is 31.5 Å². The Balaban J connectivity index is 1.93. The lowest BCUT2D eigenvalue weighted by atomic mass is 10.0. The van der Waals surface area contributed by atoms with Gasteiger partial charge in [0.15, 0.2) is 0 Å². The van der Waals surface area contributed by atoms with Gasteiger partial charge in [-0.15, -0.1) is 0 Å². The molecule has 6 nitrogen and oxygen atoms in total. The minimum atomic E-state index is -0.233. The van der Waals surface area contributed by atoms with E-state index < -0.39 is 0 Å². The first-order chi connectivity index (χ1) is 13.5. The molecule has 3 rings (SSSR count). The highest BCUT2D eigenvalue weighted by Crippen LogP contribution is 2.26. The Kier molecular flexibility index (Phi) is 6.11. The van der Waals surface area contributed by atoms with Crippen LogP contribution < -0.4 is 5.32 Å². The first-order valence-electron chi connectivity index (χ1n) is 9.03. The van der Waals surface area contributed by atoms with Gasteiger partial charge in [0.2, 0.25) is 5.91 Å². The summed E-state index contributed by atoms with van der Waals surface area (Å²) in [6.07, 6.45) is 4.52. The number of hydrogen-bond donors (Lipinski definition) is 1. The molecule has 0 saturated carbocycles. The SMILES string of the molecule is CC(=O)Nc1cccc([C@H](C)N(Cc2ccccc2)C(=O)c2cnccn2)c1. The Hall–Kier alpha value is -3.54. The third-order valence-corrected chi connectivity index (χ3v) is 4.40. The monoisotopic (exact) mass is 374 g/mol. The summed E-state index contributed by atoms with van der Waals surface area (Å²) in [7, 11) is 0. The molecule has 142 valence electrons. The van der Waals surface area contributed by atoms with Crippen LogP contribution in [0.4, 0.5) is 5.69 Å². The first-order valence-corrected chi connectivity index (χ1v) is 9.03. The van der Waals surface area contributed by atoms with Crippen LogP contribution in [0.25, 0.3) is 0 Å². The van der Waals surface area contributed by atoms with Crippen molar-refractivity contribution in [1.29, 1.82) is 0 Å². The summed E-state index contributed by atoms with van der Waals surface area (Å²) in [6, 6.07) is 17.1. The van der Waals surface area contributed by atoms with Crippen molar-refractivity contribution in [2.24, 2.45) is 0 Å². The smallest absolute Gasteiger partial charge is 0.274 e. The third-order valence-electron chi connectivity index (χ3n) is 4.40. The summed E-state index contributed by atoms with van der Waals surface area (Å²) in [5.41, 5.74) is 2.93. The van der Waals surface area contributed by atoms with Gasteiger partial charge in [0.1, 0.15) is 5.69 Å². The van der Waals surface area contributed by atoms with E-state index in [4.69, 9.17) is 0 Å². The van der Waals surface area contributed by atoms with Crippen molar-refractivity contribution in [1.82, 2.24) is 14.9 Å². The Morgan fingerprint density at radius 1 is 1.07 bits per heavy atom. The minimum absolute atomic E-state index is 0.137. The molecule has 1 atom stereocenters. The van der Waals surface area contributed by atoms with E-state index in [1.807, 2.05) is 61.5 Å². The fourth-order valence-electron chi connectivity index (χ4n) is 2.98. The van der Waals surface area contributed by atoms with Gasteiger partial charge in [-0.05, 0) is 30.2 Å². The van der Waals surface area contributed by atoms with Crippen LogP contribution in [-0.4, -0.2) is 26.7 Å². The van der Waals surface area contributed by atoms with E-state index in [1.54, 1.807) is 11.1 Å². The number of nitrogens with one attached hydrogen (secondary N) is 1. The van der Waals surface area contributed by atoms with Crippen LogP contribution >= 0.6 is 0 Å². The van der Waals surface area contributed by atoms with E-state index >= 15 is 0 Å². The number of rotatable bonds is 6. The molecule has 3 aromatic rings. The number of benzene rings is 2. The molecular weight excluding hydrogens is 352 g/mol. The van der Waals surface area contributed by atoms with Crippen LogP contribution in [-0.2, 0) is 11.3 Å². The van der Waals surface area contributed by atoms with Crippen molar-refractivity contribution < 1.29 is 9.59 Å². The van der Waals surface area contributed by atoms with Gasteiger partial charge in [-0.2, -0.15) is 0 Å². The van der Waals surface area contributed by atoms with Gasteiger partial charge >= 0.3 is 0 Å². The molecule has 1 heterocycles. The van der Waals surface area contributed by atoms with Crippen LogP contribution in [0.5, 0.6) is 0 Å². The van der Waals surface area contributed by atoms with Gasteiger partial charge in [0.05, 0.1) is 12.2 Å². The van der Waals surface area contributed by atoms with E-state index in [9.17, 15) is 9.59 Å². The summed E-state index contributed by atoms with van der Waals surface area (Å²) in [5, 5.41) is 2.78. The maximum Gasteiger partial charge on any atom is 0.274 e. The summed E-state index contributed by atoms with van der Waals surface area (Å²) in [5.74, 6) is -0.337. The van der Waals surface area contributed by atoms with E-state index in [1.165, 1.54) is 19.3 Å². The molecule has 0 fully saturated rings. The lowest BCUT2D eigenvalue weighted by Gasteiger charge is -2.30. The molecule has 2 amide bonds. The zero-order valence-corrected chi connectivity index (χ0v) is 15.9. The molecular formula is C22H22N4O2. The van der Waals surface area contributed by atoms with E-state index in [2.05, 4.69) is 15.3 Å². The van der Waals surface area contributed by atoms with Crippen LogP contribution in [0.2, 0.25) is 0 Å². The second-order valence-electron chi connectivity index (χ2n) is 6.49. The van der Waals surface area contributed by atoms with E-state index in [0.717, 1.165) is 11.1 Å². The number of carbonyl (C=O) groups is 2. The highest BCUT2D eigenvalue weighted by atomic mass is 16.2. The van der Waals surface area contributed by atoms with Gasteiger partial charge < -0.3 is 10.2 Å². The van der Waals surface area contributed by atoms with Crippen LogP contribution in [0.15, 0.2) is 73.2 Å². The third kappa shape index (κ3) is 4.79.